The van der Waals surface area contributed by atoms with E-state index in [4.69, 9.17) is 5.21 Å². The molecular formula is C10H13F3NO+. The van der Waals surface area contributed by atoms with Crippen LogP contribution in [0.5, 0.6) is 0 Å². The second-order valence-electron chi connectivity index (χ2n) is 3.50. The van der Waals surface area contributed by atoms with Gasteiger partial charge in [0.2, 0.25) is 6.20 Å². The Morgan fingerprint density at radius 3 is 2.40 bits per heavy atom. The lowest BCUT2D eigenvalue weighted by Crippen LogP contribution is -2.39. The summed E-state index contributed by atoms with van der Waals surface area (Å²) in [6, 6.07) is 2.28. The Labute approximate surface area is 85.9 Å². The van der Waals surface area contributed by atoms with E-state index in [0.29, 0.717) is 5.56 Å². The molecule has 1 N–H and O–H groups in total. The summed E-state index contributed by atoms with van der Waals surface area (Å²) < 4.78 is 37.0. The van der Waals surface area contributed by atoms with Crippen molar-refractivity contribution in [2.24, 2.45) is 0 Å². The molecule has 0 spiro atoms. The van der Waals surface area contributed by atoms with Gasteiger partial charge in [-0.15, -0.1) is 0 Å². The van der Waals surface area contributed by atoms with Crippen molar-refractivity contribution < 1.29 is 23.1 Å². The molecule has 0 aliphatic heterocycles. The van der Waals surface area contributed by atoms with Crippen LogP contribution in [0, 0.1) is 0 Å². The van der Waals surface area contributed by atoms with Crippen LogP contribution in [0.3, 0.4) is 0 Å². The molecule has 0 fully saturated rings. The van der Waals surface area contributed by atoms with Crippen LogP contribution < -0.4 is 4.73 Å². The van der Waals surface area contributed by atoms with E-state index in [1.807, 2.05) is 13.8 Å². The summed E-state index contributed by atoms with van der Waals surface area (Å²) in [6.45, 7) is 3.83. The summed E-state index contributed by atoms with van der Waals surface area (Å²) in [5.74, 6) is 0.130. The first-order chi connectivity index (χ1) is 6.86. The lowest BCUT2D eigenvalue weighted by atomic mass is 10.0. The first-order valence-corrected chi connectivity index (χ1v) is 4.68. The van der Waals surface area contributed by atoms with E-state index in [1.165, 1.54) is 6.07 Å². The van der Waals surface area contributed by atoms with Gasteiger partial charge in [0.05, 0.1) is 0 Å². The molecule has 15 heavy (non-hydrogen) atoms. The maximum atomic E-state index is 12.3. The molecule has 1 atom stereocenters. The zero-order chi connectivity index (χ0) is 11.6. The van der Waals surface area contributed by atoms with E-state index >= 15 is 0 Å². The van der Waals surface area contributed by atoms with Crippen LogP contribution in [-0.4, -0.2) is 5.21 Å². The molecule has 1 heterocycles. The highest BCUT2D eigenvalue weighted by Gasteiger charge is 2.42. The predicted octanol–water partition coefficient (Wildman–Crippen LogP) is 2.74. The highest BCUT2D eigenvalue weighted by molar-refractivity contribution is 5.14. The Morgan fingerprint density at radius 2 is 2.00 bits per heavy atom. The average Bonchev–Trinajstić information content (AvgIpc) is 2.14. The van der Waals surface area contributed by atoms with Crippen molar-refractivity contribution in [3.63, 3.8) is 0 Å². The predicted molar refractivity (Wildman–Crippen MR) is 47.5 cm³/mol. The molecule has 0 aliphatic carbocycles. The zero-order valence-electron chi connectivity index (χ0n) is 8.54. The summed E-state index contributed by atoms with van der Waals surface area (Å²) >= 11 is 0. The summed E-state index contributed by atoms with van der Waals surface area (Å²) in [5, 5.41) is 9.17. The number of halogens is 3. The lowest BCUT2D eigenvalue weighted by Gasteiger charge is -2.07. The zero-order valence-corrected chi connectivity index (χ0v) is 8.54. The monoisotopic (exact) mass is 220 g/mol. The molecule has 0 bridgehead atoms. The fourth-order valence-corrected chi connectivity index (χ4v) is 1.26. The van der Waals surface area contributed by atoms with Gasteiger partial charge in [0.25, 0.3) is 0 Å². The second-order valence-corrected chi connectivity index (χ2v) is 3.50. The molecule has 0 saturated heterocycles. The van der Waals surface area contributed by atoms with Crippen molar-refractivity contribution >= 4 is 0 Å². The van der Waals surface area contributed by atoms with E-state index in [9.17, 15) is 13.2 Å². The van der Waals surface area contributed by atoms with Gasteiger partial charge in [-0.25, -0.2) is 0 Å². The van der Waals surface area contributed by atoms with Gasteiger partial charge in [0.15, 0.2) is 0 Å². The van der Waals surface area contributed by atoms with Crippen molar-refractivity contribution in [3.05, 3.63) is 29.6 Å². The van der Waals surface area contributed by atoms with Crippen LogP contribution in [-0.2, 0) is 6.18 Å². The molecule has 5 heteroatoms. The molecular weight excluding hydrogens is 207 g/mol. The van der Waals surface area contributed by atoms with Crippen LogP contribution >= 0.6 is 0 Å². The maximum absolute atomic E-state index is 12.3. The standard InChI is InChI=1S/C10H13F3NO/c1-3-7(2)8-4-5-9(10(11,12)13)14(15)6-8/h4-7,15H,3H2,1-2H3/q+1/t7-/m0/s1. The minimum absolute atomic E-state index is 0.130. The highest BCUT2D eigenvalue weighted by Crippen LogP contribution is 2.27. The molecule has 0 saturated carbocycles. The van der Waals surface area contributed by atoms with Gasteiger partial charge < -0.3 is 0 Å². The lowest BCUT2D eigenvalue weighted by molar-refractivity contribution is -0.915. The summed E-state index contributed by atoms with van der Waals surface area (Å²) in [7, 11) is 0. The number of pyridine rings is 1. The average molecular weight is 220 g/mol. The van der Waals surface area contributed by atoms with Gasteiger partial charge >= 0.3 is 11.9 Å². The number of rotatable bonds is 2. The molecule has 0 aliphatic rings. The van der Waals surface area contributed by atoms with E-state index in [1.54, 1.807) is 0 Å². The van der Waals surface area contributed by atoms with E-state index < -0.39 is 11.9 Å². The highest BCUT2D eigenvalue weighted by atomic mass is 19.4. The van der Waals surface area contributed by atoms with Gasteiger partial charge in [0.1, 0.15) is 0 Å². The van der Waals surface area contributed by atoms with Crippen molar-refractivity contribution in [2.75, 3.05) is 0 Å². The van der Waals surface area contributed by atoms with Gasteiger partial charge in [-0.05, 0) is 18.4 Å². The first-order valence-electron chi connectivity index (χ1n) is 4.68. The Morgan fingerprint density at radius 1 is 1.40 bits per heavy atom. The van der Waals surface area contributed by atoms with E-state index in [-0.39, 0.29) is 10.6 Å². The number of hydrogen-bond donors (Lipinski definition) is 1. The molecule has 84 valence electrons. The van der Waals surface area contributed by atoms with Crippen LogP contribution in [0.1, 0.15) is 37.4 Å². The molecule has 0 aromatic carbocycles. The topological polar surface area (TPSA) is 24.1 Å². The van der Waals surface area contributed by atoms with Crippen LogP contribution in [0.15, 0.2) is 18.3 Å². The summed E-state index contributed by atoms with van der Waals surface area (Å²) in [6.07, 6.45) is -2.61. The Kier molecular flexibility index (Phi) is 3.21. The van der Waals surface area contributed by atoms with E-state index in [2.05, 4.69) is 0 Å². The molecule has 0 unspecified atom stereocenters. The van der Waals surface area contributed by atoms with Crippen LogP contribution in [0.4, 0.5) is 13.2 Å². The first kappa shape index (κ1) is 11.8. The third-order valence-electron chi connectivity index (χ3n) is 2.42. The number of hydrogen-bond acceptors (Lipinski definition) is 1. The number of nitrogens with zero attached hydrogens (tertiary/aromatic N) is 1. The Balaban J connectivity index is 3.09. The quantitative estimate of drug-likeness (QED) is 0.601. The molecule has 0 amide bonds. The van der Waals surface area contributed by atoms with Crippen molar-refractivity contribution in [1.29, 1.82) is 0 Å². The van der Waals surface area contributed by atoms with Gasteiger partial charge in [-0.1, -0.05) is 13.8 Å². The maximum Gasteiger partial charge on any atom is 0.482 e. The third-order valence-corrected chi connectivity index (χ3v) is 2.42. The summed E-state index contributed by atoms with van der Waals surface area (Å²) in [5.41, 5.74) is -0.373. The molecule has 1 rings (SSSR count). The largest absolute Gasteiger partial charge is 0.482 e. The third kappa shape index (κ3) is 2.61. The smallest absolute Gasteiger partial charge is 0.285 e. The van der Waals surface area contributed by atoms with Gasteiger partial charge in [-0.2, -0.15) is 13.2 Å². The van der Waals surface area contributed by atoms with Crippen LogP contribution in [0.25, 0.3) is 0 Å². The Bertz CT molecular complexity index is 349. The number of alkyl halides is 3. The fourth-order valence-electron chi connectivity index (χ4n) is 1.26. The molecule has 1 aromatic rings. The molecule has 0 radical (unpaired) electrons. The van der Waals surface area contributed by atoms with Gasteiger partial charge in [0, 0.05) is 16.4 Å². The molecule has 1 aromatic heterocycles. The minimum Gasteiger partial charge on any atom is -0.285 e. The minimum atomic E-state index is -4.53. The fraction of sp³-hybridized carbons (Fsp3) is 0.500. The SMILES string of the molecule is CC[C@H](C)c1ccc(C(F)(F)F)[n+](O)c1. The second kappa shape index (κ2) is 4.08. The van der Waals surface area contributed by atoms with Crippen molar-refractivity contribution in [1.82, 2.24) is 0 Å². The van der Waals surface area contributed by atoms with Gasteiger partial charge in [-0.3, -0.25) is 5.21 Å². The van der Waals surface area contributed by atoms with E-state index in [0.717, 1.165) is 18.7 Å². The Hall–Kier alpha value is -1.26. The molecule has 2 nitrogen and oxygen atoms in total. The van der Waals surface area contributed by atoms with Crippen molar-refractivity contribution in [2.45, 2.75) is 32.4 Å². The number of aromatic nitrogens is 1. The summed E-state index contributed by atoms with van der Waals surface area (Å²) in [4.78, 5) is 0. The van der Waals surface area contributed by atoms with Crippen LogP contribution in [0.2, 0.25) is 0 Å². The normalized spacial score (nSPS) is 13.9. The van der Waals surface area contributed by atoms with Crippen molar-refractivity contribution in [3.8, 4) is 0 Å².